The van der Waals surface area contributed by atoms with Gasteiger partial charge in [-0.3, -0.25) is 0 Å². The van der Waals surface area contributed by atoms with Crippen molar-refractivity contribution in [3.8, 4) is 0 Å². The summed E-state index contributed by atoms with van der Waals surface area (Å²) in [7, 11) is 0. The molecule has 0 aromatic heterocycles. The number of esters is 1. The fourth-order valence-electron chi connectivity index (χ4n) is 3.73. The lowest BCUT2D eigenvalue weighted by atomic mass is 9.99. The number of carbonyl (C=O) groups is 1. The molecular formula is C22H13Cl2NO2. The van der Waals surface area contributed by atoms with Gasteiger partial charge in [0.05, 0.1) is 10.0 Å². The molecule has 0 bridgehead atoms. The van der Waals surface area contributed by atoms with E-state index in [0.717, 1.165) is 18.4 Å². The first-order valence-corrected chi connectivity index (χ1v) is 9.37. The van der Waals surface area contributed by atoms with E-state index in [0.29, 0.717) is 15.6 Å². The van der Waals surface area contributed by atoms with Crippen LogP contribution in [0, 0.1) is 0 Å². The second-order valence-electron chi connectivity index (χ2n) is 6.61. The highest BCUT2D eigenvalue weighted by atomic mass is 35.5. The number of nitrogens with zero attached hydrogens (tertiary/aromatic N) is 1. The second-order valence-corrected chi connectivity index (χ2v) is 7.43. The molecule has 5 rings (SSSR count). The molecule has 1 heterocycles. The molecule has 0 N–H and O–H groups in total. The van der Waals surface area contributed by atoms with Gasteiger partial charge in [-0.2, -0.15) is 0 Å². The van der Waals surface area contributed by atoms with E-state index in [9.17, 15) is 4.79 Å². The van der Waals surface area contributed by atoms with Crippen molar-refractivity contribution in [3.05, 3.63) is 86.5 Å². The summed E-state index contributed by atoms with van der Waals surface area (Å²) in [6.45, 7) is 0. The van der Waals surface area contributed by atoms with Gasteiger partial charge in [-0.05, 0) is 64.6 Å². The maximum Gasteiger partial charge on any atom is 0.363 e. The molecule has 3 nitrogen and oxygen atoms in total. The Morgan fingerprint density at radius 3 is 2.74 bits per heavy atom. The van der Waals surface area contributed by atoms with Gasteiger partial charge in [0.25, 0.3) is 0 Å². The zero-order valence-electron chi connectivity index (χ0n) is 14.1. The molecule has 0 spiro atoms. The van der Waals surface area contributed by atoms with Crippen LogP contribution in [0.5, 0.6) is 0 Å². The number of halogens is 2. The van der Waals surface area contributed by atoms with Crippen LogP contribution < -0.4 is 0 Å². The summed E-state index contributed by atoms with van der Waals surface area (Å²) in [4.78, 5) is 16.7. The van der Waals surface area contributed by atoms with Crippen LogP contribution in [0.3, 0.4) is 0 Å². The Kier molecular flexibility index (Phi) is 3.81. The van der Waals surface area contributed by atoms with Gasteiger partial charge in [0.1, 0.15) is 0 Å². The van der Waals surface area contributed by atoms with Gasteiger partial charge in [0.2, 0.25) is 5.90 Å². The topological polar surface area (TPSA) is 38.7 Å². The van der Waals surface area contributed by atoms with Crippen molar-refractivity contribution in [1.82, 2.24) is 0 Å². The molecular weight excluding hydrogens is 381 g/mol. The number of benzene rings is 3. The number of ether oxygens (including phenoxy) is 1. The van der Waals surface area contributed by atoms with Crippen LogP contribution in [0.4, 0.5) is 0 Å². The smallest absolute Gasteiger partial charge is 0.363 e. The van der Waals surface area contributed by atoms with Crippen LogP contribution in [-0.4, -0.2) is 11.9 Å². The van der Waals surface area contributed by atoms with Gasteiger partial charge >= 0.3 is 5.97 Å². The molecule has 0 radical (unpaired) electrons. The minimum Gasteiger partial charge on any atom is -0.402 e. The van der Waals surface area contributed by atoms with Crippen molar-refractivity contribution >= 4 is 51.9 Å². The molecule has 0 fully saturated rings. The largest absolute Gasteiger partial charge is 0.402 e. The lowest BCUT2D eigenvalue weighted by molar-refractivity contribution is -0.129. The third kappa shape index (κ3) is 2.75. The Bertz CT molecular complexity index is 1190. The number of hydrogen-bond donors (Lipinski definition) is 0. The first kappa shape index (κ1) is 16.5. The molecule has 0 saturated heterocycles. The molecule has 132 valence electrons. The number of aliphatic imine (C=N–C) groups is 1. The lowest BCUT2D eigenvalue weighted by Crippen LogP contribution is -2.05. The third-order valence-electron chi connectivity index (χ3n) is 5.00. The van der Waals surface area contributed by atoms with Crippen LogP contribution in [0.15, 0.2) is 59.2 Å². The average molecular weight is 394 g/mol. The Labute approximate surface area is 165 Å². The van der Waals surface area contributed by atoms with Crippen molar-refractivity contribution in [2.45, 2.75) is 12.8 Å². The third-order valence-corrected chi connectivity index (χ3v) is 5.74. The maximum atomic E-state index is 12.3. The standard InChI is InChI=1S/C22H13Cl2NO2/c23-17-9-7-15(10-18(17)24)21-25-19(22(26)27-21)11-14-5-4-12-2-1-3-13-6-8-16(14)20(12)13/h1-5,7,9-11H,6,8H2. The highest BCUT2D eigenvalue weighted by Crippen LogP contribution is 2.34. The van der Waals surface area contributed by atoms with Crippen LogP contribution in [0.25, 0.3) is 16.8 Å². The lowest BCUT2D eigenvalue weighted by Gasteiger charge is -2.05. The summed E-state index contributed by atoms with van der Waals surface area (Å²) in [5, 5.41) is 3.36. The summed E-state index contributed by atoms with van der Waals surface area (Å²) in [5.41, 5.74) is 4.54. The van der Waals surface area contributed by atoms with E-state index < -0.39 is 5.97 Å². The number of cyclic esters (lactones) is 1. The van der Waals surface area contributed by atoms with E-state index in [4.69, 9.17) is 27.9 Å². The predicted molar refractivity (Wildman–Crippen MR) is 108 cm³/mol. The van der Waals surface area contributed by atoms with Gasteiger partial charge in [-0.15, -0.1) is 0 Å². The van der Waals surface area contributed by atoms with Crippen molar-refractivity contribution in [1.29, 1.82) is 0 Å². The van der Waals surface area contributed by atoms with Crippen molar-refractivity contribution in [2.75, 3.05) is 0 Å². The number of hydrogen-bond acceptors (Lipinski definition) is 3. The number of aryl methyl sites for hydroxylation is 2. The first-order valence-electron chi connectivity index (χ1n) is 8.61. The number of carbonyl (C=O) groups excluding carboxylic acids is 1. The van der Waals surface area contributed by atoms with E-state index in [-0.39, 0.29) is 11.6 Å². The Balaban J connectivity index is 1.58. The Morgan fingerprint density at radius 1 is 1.00 bits per heavy atom. The quantitative estimate of drug-likeness (QED) is 0.420. The van der Waals surface area contributed by atoms with E-state index in [1.807, 2.05) is 12.1 Å². The highest BCUT2D eigenvalue weighted by molar-refractivity contribution is 6.42. The fourth-order valence-corrected chi connectivity index (χ4v) is 4.03. The van der Waals surface area contributed by atoms with E-state index >= 15 is 0 Å². The summed E-state index contributed by atoms with van der Waals surface area (Å²) in [6, 6.07) is 15.5. The van der Waals surface area contributed by atoms with Gasteiger partial charge in [0.15, 0.2) is 5.70 Å². The van der Waals surface area contributed by atoms with Gasteiger partial charge in [-0.25, -0.2) is 9.79 Å². The predicted octanol–water partition coefficient (Wildman–Crippen LogP) is 5.59. The summed E-state index contributed by atoms with van der Waals surface area (Å²) < 4.78 is 5.34. The molecule has 3 aromatic rings. The van der Waals surface area contributed by atoms with Crippen LogP contribution >= 0.6 is 23.2 Å². The fraction of sp³-hybridized carbons (Fsp3) is 0.0909. The Hall–Kier alpha value is -2.62. The van der Waals surface area contributed by atoms with E-state index in [1.54, 1.807) is 18.2 Å². The van der Waals surface area contributed by atoms with Crippen LogP contribution in [0.1, 0.15) is 22.3 Å². The molecule has 5 heteroatoms. The van der Waals surface area contributed by atoms with Crippen LogP contribution in [-0.2, 0) is 22.4 Å². The zero-order chi connectivity index (χ0) is 18.5. The first-order chi connectivity index (χ1) is 13.1. The normalized spacial score (nSPS) is 16.9. The molecule has 1 aliphatic carbocycles. The van der Waals surface area contributed by atoms with Gasteiger partial charge < -0.3 is 4.74 Å². The molecule has 1 aliphatic heterocycles. The average Bonchev–Trinajstić information content (AvgIpc) is 3.25. The molecule has 0 amide bonds. The monoisotopic (exact) mass is 393 g/mol. The maximum absolute atomic E-state index is 12.3. The molecule has 2 aliphatic rings. The molecule has 0 saturated carbocycles. The highest BCUT2D eigenvalue weighted by Gasteiger charge is 2.25. The number of rotatable bonds is 2. The van der Waals surface area contributed by atoms with E-state index in [2.05, 4.69) is 29.3 Å². The molecule has 3 aromatic carbocycles. The summed E-state index contributed by atoms with van der Waals surface area (Å²) >= 11 is 12.0. The van der Waals surface area contributed by atoms with Gasteiger partial charge in [0, 0.05) is 5.56 Å². The summed E-state index contributed by atoms with van der Waals surface area (Å²) in [6.07, 6.45) is 3.80. The SMILES string of the molecule is O=C1OC(c2ccc(Cl)c(Cl)c2)=NC1=Cc1ccc2cccc3c2c1CC3. The zero-order valence-corrected chi connectivity index (χ0v) is 15.6. The Morgan fingerprint density at radius 2 is 1.89 bits per heavy atom. The van der Waals surface area contributed by atoms with Crippen molar-refractivity contribution < 1.29 is 9.53 Å². The minimum absolute atomic E-state index is 0.239. The van der Waals surface area contributed by atoms with Gasteiger partial charge in [-0.1, -0.05) is 53.5 Å². The molecule has 0 unspecified atom stereocenters. The van der Waals surface area contributed by atoms with Crippen LogP contribution in [0.2, 0.25) is 10.0 Å². The van der Waals surface area contributed by atoms with Crippen molar-refractivity contribution in [3.63, 3.8) is 0 Å². The minimum atomic E-state index is -0.463. The summed E-state index contributed by atoms with van der Waals surface area (Å²) in [5.74, 6) is -0.225. The molecule has 0 atom stereocenters. The van der Waals surface area contributed by atoms with Crippen molar-refractivity contribution in [2.24, 2.45) is 4.99 Å². The molecule has 27 heavy (non-hydrogen) atoms. The second kappa shape index (κ2) is 6.22. The van der Waals surface area contributed by atoms with E-state index in [1.165, 1.54) is 21.9 Å².